The first-order valence-electron chi connectivity index (χ1n) is 6.32. The maximum Gasteiger partial charge on any atom is 0.337 e. The van der Waals surface area contributed by atoms with Gasteiger partial charge in [-0.25, -0.2) is 4.79 Å². The van der Waals surface area contributed by atoms with Gasteiger partial charge in [0.2, 0.25) is 0 Å². The van der Waals surface area contributed by atoms with Gasteiger partial charge in [-0.1, -0.05) is 0 Å². The number of rotatable bonds is 7. The first kappa shape index (κ1) is 16.4. The van der Waals surface area contributed by atoms with Gasteiger partial charge in [0.05, 0.1) is 25.9 Å². The summed E-state index contributed by atoms with van der Waals surface area (Å²) in [6.07, 6.45) is -1.71. The van der Waals surface area contributed by atoms with Crippen molar-refractivity contribution in [2.75, 3.05) is 27.8 Å². The molecular formula is C14H21NO5. The predicted molar refractivity (Wildman–Crippen MR) is 73.8 cm³/mol. The van der Waals surface area contributed by atoms with Gasteiger partial charge in [-0.3, -0.25) is 0 Å². The molecule has 6 heteroatoms. The molecule has 2 atom stereocenters. The number of hydrogen-bond acceptors (Lipinski definition) is 6. The summed E-state index contributed by atoms with van der Waals surface area (Å²) in [6, 6.07) is 4.58. The van der Waals surface area contributed by atoms with E-state index < -0.39 is 18.2 Å². The van der Waals surface area contributed by atoms with Crippen molar-refractivity contribution >= 4 is 5.97 Å². The number of esters is 1. The lowest BCUT2D eigenvalue weighted by Crippen LogP contribution is -2.24. The van der Waals surface area contributed by atoms with E-state index in [4.69, 9.17) is 4.74 Å². The third-order valence-electron chi connectivity index (χ3n) is 3.02. The van der Waals surface area contributed by atoms with Crippen LogP contribution >= 0.6 is 0 Å². The molecule has 2 unspecified atom stereocenters. The zero-order chi connectivity index (χ0) is 15.1. The van der Waals surface area contributed by atoms with Gasteiger partial charge in [0.15, 0.2) is 0 Å². The molecule has 0 spiro atoms. The molecule has 0 amide bonds. The lowest BCUT2D eigenvalue weighted by Gasteiger charge is -2.20. The second-order valence-corrected chi connectivity index (χ2v) is 4.35. The first-order chi connectivity index (χ1) is 9.54. The summed E-state index contributed by atoms with van der Waals surface area (Å²) in [6.45, 7) is 0.567. The van der Waals surface area contributed by atoms with Crippen LogP contribution in [0, 0.1) is 0 Å². The second kappa shape index (κ2) is 7.84. The van der Waals surface area contributed by atoms with Crippen LogP contribution < -0.4 is 10.1 Å². The number of aliphatic hydroxyl groups is 2. The fourth-order valence-electron chi connectivity index (χ4n) is 1.87. The highest BCUT2D eigenvalue weighted by Crippen LogP contribution is 2.29. The van der Waals surface area contributed by atoms with Crippen LogP contribution in [0.5, 0.6) is 5.75 Å². The Morgan fingerprint density at radius 2 is 2.05 bits per heavy atom. The van der Waals surface area contributed by atoms with E-state index in [1.165, 1.54) is 20.3 Å². The Bertz CT molecular complexity index is 449. The van der Waals surface area contributed by atoms with Crippen molar-refractivity contribution < 1.29 is 24.5 Å². The zero-order valence-electron chi connectivity index (χ0n) is 11.9. The van der Waals surface area contributed by atoms with Gasteiger partial charge >= 0.3 is 5.97 Å². The predicted octanol–water partition coefficient (Wildman–Crippen LogP) is 0.486. The van der Waals surface area contributed by atoms with Gasteiger partial charge in [0.25, 0.3) is 0 Å². The van der Waals surface area contributed by atoms with Gasteiger partial charge in [0, 0.05) is 5.56 Å². The van der Waals surface area contributed by atoms with Crippen LogP contribution in [0.1, 0.15) is 28.4 Å². The molecule has 0 aliphatic heterocycles. The van der Waals surface area contributed by atoms with Gasteiger partial charge in [-0.2, -0.15) is 0 Å². The number of hydrogen-bond donors (Lipinski definition) is 3. The fourth-order valence-corrected chi connectivity index (χ4v) is 1.87. The molecule has 6 nitrogen and oxygen atoms in total. The smallest absolute Gasteiger partial charge is 0.337 e. The third-order valence-corrected chi connectivity index (χ3v) is 3.02. The Morgan fingerprint density at radius 1 is 1.35 bits per heavy atom. The van der Waals surface area contributed by atoms with E-state index in [2.05, 4.69) is 10.1 Å². The number of carbonyl (C=O) groups excluding carboxylic acids is 1. The van der Waals surface area contributed by atoms with Crippen LogP contribution in [-0.4, -0.2) is 50.1 Å². The minimum absolute atomic E-state index is 0.295. The van der Waals surface area contributed by atoms with Gasteiger partial charge in [0.1, 0.15) is 11.9 Å². The normalized spacial score (nSPS) is 13.7. The molecule has 0 fully saturated rings. The Kier molecular flexibility index (Phi) is 6.44. The summed E-state index contributed by atoms with van der Waals surface area (Å²) in [5.41, 5.74) is 0.655. The molecule has 1 rings (SSSR count). The van der Waals surface area contributed by atoms with E-state index in [-0.39, 0.29) is 0 Å². The lowest BCUT2D eigenvalue weighted by molar-refractivity contribution is 0.0126. The Morgan fingerprint density at radius 3 is 2.60 bits per heavy atom. The molecule has 0 aliphatic rings. The average molecular weight is 283 g/mol. The summed E-state index contributed by atoms with van der Waals surface area (Å²) in [5.74, 6) is -0.0977. The van der Waals surface area contributed by atoms with E-state index in [1.807, 2.05) is 0 Å². The summed E-state index contributed by atoms with van der Waals surface area (Å²) in [5, 5.41) is 23.0. The van der Waals surface area contributed by atoms with Crippen LogP contribution in [-0.2, 0) is 4.74 Å². The van der Waals surface area contributed by atoms with Crippen LogP contribution in [0.4, 0.5) is 0 Å². The van der Waals surface area contributed by atoms with E-state index >= 15 is 0 Å². The van der Waals surface area contributed by atoms with Gasteiger partial charge in [-0.15, -0.1) is 0 Å². The number of aliphatic hydroxyl groups excluding tert-OH is 2. The first-order valence-corrected chi connectivity index (χ1v) is 6.32. The molecule has 0 aliphatic carbocycles. The highest BCUT2D eigenvalue weighted by molar-refractivity contribution is 5.89. The highest BCUT2D eigenvalue weighted by Gasteiger charge is 2.23. The molecule has 0 radical (unpaired) electrons. The molecule has 3 N–H and O–H groups in total. The average Bonchev–Trinajstić information content (AvgIpc) is 2.50. The SMILES string of the molecule is CNCCC(O)C(O)c1cc(C(=O)OC)ccc1OC. The van der Waals surface area contributed by atoms with Crippen LogP contribution in [0.2, 0.25) is 0 Å². The standard InChI is InChI=1S/C14H21NO5/c1-15-7-6-11(16)13(17)10-8-9(14(18)20-3)4-5-12(10)19-2/h4-5,8,11,13,15-17H,6-7H2,1-3H3. The maximum absolute atomic E-state index is 11.5. The summed E-state index contributed by atoms with van der Waals surface area (Å²) in [4.78, 5) is 11.5. The monoisotopic (exact) mass is 283 g/mol. The van der Waals surface area contributed by atoms with E-state index in [0.29, 0.717) is 29.8 Å². The van der Waals surface area contributed by atoms with E-state index in [0.717, 1.165) is 0 Å². The Hall–Kier alpha value is -1.63. The van der Waals surface area contributed by atoms with Crippen molar-refractivity contribution in [2.24, 2.45) is 0 Å². The van der Waals surface area contributed by atoms with Crippen molar-refractivity contribution in [3.05, 3.63) is 29.3 Å². The number of nitrogens with one attached hydrogen (secondary N) is 1. The summed E-state index contributed by atoms with van der Waals surface area (Å²) in [7, 11) is 4.51. The van der Waals surface area contributed by atoms with Crippen molar-refractivity contribution in [1.82, 2.24) is 5.32 Å². The molecule has 112 valence electrons. The van der Waals surface area contributed by atoms with Crippen molar-refractivity contribution in [3.63, 3.8) is 0 Å². The van der Waals surface area contributed by atoms with E-state index in [1.54, 1.807) is 19.2 Å². The molecule has 0 saturated heterocycles. The molecule has 0 heterocycles. The molecular weight excluding hydrogens is 262 g/mol. The molecule has 0 aromatic heterocycles. The second-order valence-electron chi connectivity index (χ2n) is 4.35. The van der Waals surface area contributed by atoms with Crippen LogP contribution in [0.25, 0.3) is 0 Å². The molecule has 1 aromatic rings. The minimum atomic E-state index is -1.14. The quantitative estimate of drug-likeness (QED) is 0.631. The van der Waals surface area contributed by atoms with Gasteiger partial charge in [-0.05, 0) is 38.2 Å². The maximum atomic E-state index is 11.5. The van der Waals surface area contributed by atoms with Crippen molar-refractivity contribution in [3.8, 4) is 5.75 Å². The van der Waals surface area contributed by atoms with Crippen LogP contribution in [0.3, 0.4) is 0 Å². The number of ether oxygens (including phenoxy) is 2. The van der Waals surface area contributed by atoms with Crippen molar-refractivity contribution in [2.45, 2.75) is 18.6 Å². The lowest BCUT2D eigenvalue weighted by atomic mass is 9.99. The van der Waals surface area contributed by atoms with Gasteiger partial charge < -0.3 is 25.0 Å². The number of carbonyl (C=O) groups is 1. The third kappa shape index (κ3) is 3.93. The Labute approximate surface area is 118 Å². The Balaban J connectivity index is 3.03. The molecule has 0 bridgehead atoms. The minimum Gasteiger partial charge on any atom is -0.496 e. The van der Waals surface area contributed by atoms with Crippen molar-refractivity contribution in [1.29, 1.82) is 0 Å². The summed E-state index contributed by atoms with van der Waals surface area (Å²) >= 11 is 0. The van der Waals surface area contributed by atoms with E-state index in [9.17, 15) is 15.0 Å². The highest BCUT2D eigenvalue weighted by atomic mass is 16.5. The molecule has 1 aromatic carbocycles. The number of methoxy groups -OCH3 is 2. The topological polar surface area (TPSA) is 88.0 Å². The molecule has 20 heavy (non-hydrogen) atoms. The fraction of sp³-hybridized carbons (Fsp3) is 0.500. The summed E-state index contributed by atoms with van der Waals surface area (Å²) < 4.78 is 9.79. The number of benzene rings is 1. The zero-order valence-corrected chi connectivity index (χ0v) is 11.9. The van der Waals surface area contributed by atoms with Crippen LogP contribution in [0.15, 0.2) is 18.2 Å². The molecule has 0 saturated carbocycles. The largest absolute Gasteiger partial charge is 0.496 e.